The summed E-state index contributed by atoms with van der Waals surface area (Å²) in [4.78, 5) is 12.2. The first kappa shape index (κ1) is 18.6. The molecule has 1 saturated heterocycles. The number of methoxy groups -OCH3 is 2. The number of piperidine rings is 1. The van der Waals surface area contributed by atoms with Gasteiger partial charge in [-0.3, -0.25) is 4.79 Å². The summed E-state index contributed by atoms with van der Waals surface area (Å²) in [6.07, 6.45) is 3.48. The zero-order chi connectivity index (χ0) is 15.1. The Bertz CT molecular complexity index is 476. The van der Waals surface area contributed by atoms with E-state index in [4.69, 9.17) is 9.47 Å². The lowest BCUT2D eigenvalue weighted by Crippen LogP contribution is -2.33. The van der Waals surface area contributed by atoms with Crippen molar-refractivity contribution in [1.82, 2.24) is 10.6 Å². The van der Waals surface area contributed by atoms with Crippen molar-refractivity contribution >= 4 is 18.3 Å². The van der Waals surface area contributed by atoms with Crippen LogP contribution in [0.5, 0.6) is 11.5 Å². The molecular formula is C16H25ClN2O3. The highest BCUT2D eigenvalue weighted by Gasteiger charge is 2.15. The molecule has 22 heavy (non-hydrogen) atoms. The molecule has 1 heterocycles. The van der Waals surface area contributed by atoms with Crippen LogP contribution in [0, 0.1) is 5.92 Å². The molecule has 1 atom stereocenters. The van der Waals surface area contributed by atoms with Crippen LogP contribution in [0.2, 0.25) is 0 Å². The van der Waals surface area contributed by atoms with Gasteiger partial charge in [0.05, 0.1) is 19.8 Å². The van der Waals surface area contributed by atoms with Crippen LogP contribution in [0.1, 0.15) is 29.6 Å². The van der Waals surface area contributed by atoms with E-state index in [1.165, 1.54) is 12.8 Å². The number of hydrogen-bond donors (Lipinski definition) is 2. The fourth-order valence-corrected chi connectivity index (χ4v) is 2.64. The van der Waals surface area contributed by atoms with Gasteiger partial charge < -0.3 is 20.1 Å². The maximum Gasteiger partial charge on any atom is 0.255 e. The topological polar surface area (TPSA) is 59.6 Å². The molecule has 1 amide bonds. The Balaban J connectivity index is 0.00000242. The highest BCUT2D eigenvalue weighted by Crippen LogP contribution is 2.24. The van der Waals surface area contributed by atoms with Crippen molar-refractivity contribution in [3.8, 4) is 11.5 Å². The minimum atomic E-state index is -0.0988. The first-order chi connectivity index (χ1) is 10.2. The van der Waals surface area contributed by atoms with Crippen molar-refractivity contribution in [2.24, 2.45) is 5.92 Å². The molecule has 1 aromatic carbocycles. The van der Waals surface area contributed by atoms with Crippen molar-refractivity contribution in [2.45, 2.75) is 19.3 Å². The Morgan fingerprint density at radius 1 is 1.36 bits per heavy atom. The van der Waals surface area contributed by atoms with E-state index in [0.29, 0.717) is 29.5 Å². The van der Waals surface area contributed by atoms with E-state index in [2.05, 4.69) is 10.6 Å². The van der Waals surface area contributed by atoms with E-state index in [1.54, 1.807) is 32.4 Å². The molecule has 0 saturated carbocycles. The Morgan fingerprint density at radius 3 is 2.82 bits per heavy atom. The Labute approximate surface area is 138 Å². The van der Waals surface area contributed by atoms with Gasteiger partial charge in [-0.15, -0.1) is 12.4 Å². The average Bonchev–Trinajstić information content (AvgIpc) is 2.55. The Hall–Kier alpha value is -1.46. The number of ether oxygens (including phenoxy) is 2. The lowest BCUT2D eigenvalue weighted by atomic mass is 9.96. The zero-order valence-electron chi connectivity index (χ0n) is 13.2. The van der Waals surface area contributed by atoms with Crippen LogP contribution in [0.4, 0.5) is 0 Å². The number of halogens is 1. The zero-order valence-corrected chi connectivity index (χ0v) is 14.0. The molecule has 0 spiro atoms. The summed E-state index contributed by atoms with van der Waals surface area (Å²) in [6.45, 7) is 2.87. The third kappa shape index (κ3) is 5.07. The minimum absolute atomic E-state index is 0. The van der Waals surface area contributed by atoms with Gasteiger partial charge in [0, 0.05) is 12.6 Å². The maximum absolute atomic E-state index is 12.2. The summed E-state index contributed by atoms with van der Waals surface area (Å²) in [5.74, 6) is 1.78. The van der Waals surface area contributed by atoms with E-state index in [0.717, 1.165) is 19.5 Å². The molecule has 5 nitrogen and oxygen atoms in total. The second kappa shape index (κ2) is 9.54. The highest BCUT2D eigenvalue weighted by molar-refractivity contribution is 5.97. The summed E-state index contributed by atoms with van der Waals surface area (Å²) >= 11 is 0. The minimum Gasteiger partial charge on any atom is -0.497 e. The van der Waals surface area contributed by atoms with Crippen LogP contribution in [0.25, 0.3) is 0 Å². The SMILES string of the molecule is COc1ccc(C(=O)NCCC2CCCNC2)c(OC)c1.Cl. The summed E-state index contributed by atoms with van der Waals surface area (Å²) in [6, 6.07) is 5.22. The molecule has 1 unspecified atom stereocenters. The molecule has 1 aliphatic rings. The largest absolute Gasteiger partial charge is 0.497 e. The van der Waals surface area contributed by atoms with Gasteiger partial charge in [-0.05, 0) is 50.4 Å². The molecular weight excluding hydrogens is 304 g/mol. The van der Waals surface area contributed by atoms with Gasteiger partial charge in [-0.2, -0.15) is 0 Å². The molecule has 2 N–H and O–H groups in total. The Kier molecular flexibility index (Phi) is 8.06. The summed E-state index contributed by atoms with van der Waals surface area (Å²) in [7, 11) is 3.14. The van der Waals surface area contributed by atoms with E-state index in [1.807, 2.05) is 0 Å². The van der Waals surface area contributed by atoms with Crippen LogP contribution in [-0.4, -0.2) is 39.8 Å². The molecule has 124 valence electrons. The van der Waals surface area contributed by atoms with E-state index < -0.39 is 0 Å². The van der Waals surface area contributed by atoms with Gasteiger partial charge in [-0.1, -0.05) is 0 Å². The van der Waals surface area contributed by atoms with E-state index in [-0.39, 0.29) is 18.3 Å². The molecule has 0 bridgehead atoms. The van der Waals surface area contributed by atoms with Crippen molar-refractivity contribution in [3.63, 3.8) is 0 Å². The van der Waals surface area contributed by atoms with Gasteiger partial charge in [0.25, 0.3) is 5.91 Å². The third-order valence-electron chi connectivity index (χ3n) is 3.89. The first-order valence-corrected chi connectivity index (χ1v) is 7.45. The van der Waals surface area contributed by atoms with Crippen molar-refractivity contribution in [2.75, 3.05) is 33.9 Å². The Morgan fingerprint density at radius 2 is 2.18 bits per heavy atom. The number of carbonyl (C=O) groups is 1. The smallest absolute Gasteiger partial charge is 0.255 e. The number of benzene rings is 1. The van der Waals surface area contributed by atoms with E-state index >= 15 is 0 Å². The fraction of sp³-hybridized carbons (Fsp3) is 0.562. The van der Waals surface area contributed by atoms with Crippen LogP contribution in [-0.2, 0) is 0 Å². The van der Waals surface area contributed by atoms with Crippen LogP contribution < -0.4 is 20.1 Å². The predicted molar refractivity (Wildman–Crippen MR) is 89.3 cm³/mol. The normalized spacial score (nSPS) is 17.3. The number of amides is 1. The second-order valence-corrected chi connectivity index (χ2v) is 5.32. The monoisotopic (exact) mass is 328 g/mol. The van der Waals surface area contributed by atoms with Crippen LogP contribution in [0.15, 0.2) is 18.2 Å². The summed E-state index contributed by atoms with van der Waals surface area (Å²) < 4.78 is 10.4. The average molecular weight is 329 g/mol. The summed E-state index contributed by atoms with van der Waals surface area (Å²) in [5, 5.41) is 6.36. The van der Waals surface area contributed by atoms with Gasteiger partial charge in [0.15, 0.2) is 0 Å². The number of nitrogens with one attached hydrogen (secondary N) is 2. The molecule has 0 aliphatic carbocycles. The predicted octanol–water partition coefficient (Wildman–Crippen LogP) is 2.25. The molecule has 1 aliphatic heterocycles. The van der Waals surface area contributed by atoms with Gasteiger partial charge >= 0.3 is 0 Å². The second-order valence-electron chi connectivity index (χ2n) is 5.32. The highest BCUT2D eigenvalue weighted by atomic mass is 35.5. The lowest BCUT2D eigenvalue weighted by molar-refractivity contribution is 0.0947. The molecule has 2 rings (SSSR count). The standard InChI is InChI=1S/C16H24N2O3.ClH/c1-20-13-5-6-14(15(10-13)21-2)16(19)18-9-7-12-4-3-8-17-11-12;/h5-6,10,12,17H,3-4,7-9,11H2,1-2H3,(H,18,19);1H. The summed E-state index contributed by atoms with van der Waals surface area (Å²) in [5.41, 5.74) is 0.542. The number of carbonyl (C=O) groups excluding carboxylic acids is 1. The first-order valence-electron chi connectivity index (χ1n) is 7.45. The molecule has 6 heteroatoms. The van der Waals surface area contributed by atoms with E-state index in [9.17, 15) is 4.79 Å². The van der Waals surface area contributed by atoms with Gasteiger partial charge in [-0.25, -0.2) is 0 Å². The molecule has 0 radical (unpaired) electrons. The molecule has 0 aromatic heterocycles. The van der Waals surface area contributed by atoms with Crippen molar-refractivity contribution < 1.29 is 14.3 Å². The van der Waals surface area contributed by atoms with Crippen LogP contribution in [0.3, 0.4) is 0 Å². The fourth-order valence-electron chi connectivity index (χ4n) is 2.64. The number of hydrogen-bond acceptors (Lipinski definition) is 4. The van der Waals surface area contributed by atoms with Gasteiger partial charge in [0.2, 0.25) is 0 Å². The number of rotatable bonds is 6. The van der Waals surface area contributed by atoms with Crippen LogP contribution >= 0.6 is 12.4 Å². The molecule has 1 aromatic rings. The molecule has 1 fully saturated rings. The maximum atomic E-state index is 12.2. The third-order valence-corrected chi connectivity index (χ3v) is 3.89. The lowest BCUT2D eigenvalue weighted by Gasteiger charge is -2.22. The quantitative estimate of drug-likeness (QED) is 0.841. The van der Waals surface area contributed by atoms with Gasteiger partial charge in [0.1, 0.15) is 11.5 Å². The van der Waals surface area contributed by atoms with Crippen molar-refractivity contribution in [1.29, 1.82) is 0 Å². The van der Waals surface area contributed by atoms with Crippen molar-refractivity contribution in [3.05, 3.63) is 23.8 Å².